The summed E-state index contributed by atoms with van der Waals surface area (Å²) in [6.45, 7) is 3.92. The van der Waals surface area contributed by atoms with Crippen LogP contribution in [0.5, 0.6) is 0 Å². The van der Waals surface area contributed by atoms with Crippen LogP contribution in [0.3, 0.4) is 0 Å². The fourth-order valence-corrected chi connectivity index (χ4v) is 3.35. The zero-order valence-electron chi connectivity index (χ0n) is 10.8. The number of rotatable bonds is 3. The molecule has 4 heteroatoms. The van der Waals surface area contributed by atoms with E-state index in [2.05, 4.69) is 23.9 Å². The van der Waals surface area contributed by atoms with Gasteiger partial charge in [-0.15, -0.1) is 0 Å². The first-order chi connectivity index (χ1) is 8.08. The highest BCUT2D eigenvalue weighted by molar-refractivity contribution is 7.17. The van der Waals surface area contributed by atoms with Crippen molar-refractivity contribution in [2.75, 3.05) is 11.9 Å². The summed E-state index contributed by atoms with van der Waals surface area (Å²) in [6.07, 6.45) is 6.84. The van der Waals surface area contributed by atoms with Crippen molar-refractivity contribution in [2.24, 2.45) is 5.92 Å². The molecule has 94 valence electrons. The number of hydrogen-bond donors (Lipinski definition) is 0. The highest BCUT2D eigenvalue weighted by atomic mass is 32.1. The number of thiazole rings is 1. The maximum atomic E-state index is 11.3. The van der Waals surface area contributed by atoms with Gasteiger partial charge >= 0.3 is 0 Å². The van der Waals surface area contributed by atoms with Crippen molar-refractivity contribution >= 4 is 22.3 Å². The number of Topliss-reactive ketones (excluding diaryl/α,β-unsaturated/α-hetero) is 1. The molecule has 0 aromatic carbocycles. The molecule has 0 amide bonds. The van der Waals surface area contributed by atoms with E-state index in [1.165, 1.54) is 37.0 Å². The number of aromatic nitrogens is 1. The Morgan fingerprint density at radius 3 is 2.88 bits per heavy atom. The molecular formula is C13H20N2OS. The molecule has 0 radical (unpaired) electrons. The van der Waals surface area contributed by atoms with Gasteiger partial charge < -0.3 is 4.90 Å². The molecule has 2 unspecified atom stereocenters. The minimum Gasteiger partial charge on any atom is -0.348 e. The van der Waals surface area contributed by atoms with Crippen molar-refractivity contribution in [1.29, 1.82) is 0 Å². The molecule has 0 N–H and O–H groups in total. The highest BCUT2D eigenvalue weighted by Gasteiger charge is 2.24. The van der Waals surface area contributed by atoms with Gasteiger partial charge in [0.25, 0.3) is 0 Å². The normalized spacial score (nSPS) is 24.6. The van der Waals surface area contributed by atoms with Crippen LogP contribution >= 0.6 is 11.3 Å². The first kappa shape index (κ1) is 12.6. The van der Waals surface area contributed by atoms with Crippen molar-refractivity contribution in [3.8, 4) is 0 Å². The summed E-state index contributed by atoms with van der Waals surface area (Å²) in [5.41, 5.74) is 0. The van der Waals surface area contributed by atoms with Gasteiger partial charge in [-0.25, -0.2) is 4.98 Å². The van der Waals surface area contributed by atoms with Crippen LogP contribution in [0.25, 0.3) is 0 Å². The summed E-state index contributed by atoms with van der Waals surface area (Å²) < 4.78 is 0. The smallest absolute Gasteiger partial charge is 0.185 e. The summed E-state index contributed by atoms with van der Waals surface area (Å²) in [5.74, 6) is 0.919. The predicted molar refractivity (Wildman–Crippen MR) is 71.9 cm³/mol. The van der Waals surface area contributed by atoms with Crippen molar-refractivity contribution < 1.29 is 4.79 Å². The lowest BCUT2D eigenvalue weighted by molar-refractivity contribution is 0.102. The summed E-state index contributed by atoms with van der Waals surface area (Å²) >= 11 is 1.51. The lowest BCUT2D eigenvalue weighted by Gasteiger charge is -2.33. The third kappa shape index (κ3) is 2.86. The molecule has 1 heterocycles. The first-order valence-corrected chi connectivity index (χ1v) is 7.09. The van der Waals surface area contributed by atoms with Gasteiger partial charge in [0.05, 0.1) is 11.1 Å². The molecule has 0 saturated heterocycles. The van der Waals surface area contributed by atoms with E-state index in [1.807, 2.05) is 0 Å². The van der Waals surface area contributed by atoms with Gasteiger partial charge in [0.2, 0.25) is 0 Å². The average Bonchev–Trinajstić information content (AvgIpc) is 2.77. The lowest BCUT2D eigenvalue weighted by atomic mass is 9.86. The molecule has 2 atom stereocenters. The molecule has 17 heavy (non-hydrogen) atoms. The number of anilines is 1. The van der Waals surface area contributed by atoms with E-state index in [0.29, 0.717) is 6.04 Å². The maximum Gasteiger partial charge on any atom is 0.185 e. The molecule has 1 aliphatic rings. The largest absolute Gasteiger partial charge is 0.348 e. The van der Waals surface area contributed by atoms with Gasteiger partial charge in [-0.3, -0.25) is 4.79 Å². The second-order valence-electron chi connectivity index (χ2n) is 5.10. The van der Waals surface area contributed by atoms with Gasteiger partial charge in [-0.2, -0.15) is 0 Å². The Kier molecular flexibility index (Phi) is 3.82. The fourth-order valence-electron chi connectivity index (χ4n) is 2.50. The van der Waals surface area contributed by atoms with Gasteiger partial charge in [-0.1, -0.05) is 31.1 Å². The van der Waals surface area contributed by atoms with Crippen LogP contribution in [0.2, 0.25) is 0 Å². The second-order valence-corrected chi connectivity index (χ2v) is 6.11. The first-order valence-electron chi connectivity index (χ1n) is 6.27. The highest BCUT2D eigenvalue weighted by Crippen LogP contribution is 2.31. The maximum absolute atomic E-state index is 11.3. The Balaban J connectivity index is 2.07. The van der Waals surface area contributed by atoms with Crippen LogP contribution < -0.4 is 4.90 Å². The summed E-state index contributed by atoms with van der Waals surface area (Å²) in [5, 5.41) is 0.981. The molecule has 1 aromatic heterocycles. The van der Waals surface area contributed by atoms with Gasteiger partial charge in [0, 0.05) is 20.0 Å². The van der Waals surface area contributed by atoms with Gasteiger partial charge in [0.1, 0.15) is 0 Å². The number of nitrogens with zero attached hydrogens (tertiary/aromatic N) is 2. The minimum absolute atomic E-state index is 0.110. The van der Waals surface area contributed by atoms with Gasteiger partial charge in [-0.05, 0) is 18.8 Å². The van der Waals surface area contributed by atoms with E-state index in [4.69, 9.17) is 0 Å². The molecular weight excluding hydrogens is 232 g/mol. The monoisotopic (exact) mass is 252 g/mol. The molecule has 1 aromatic rings. The molecule has 0 aliphatic heterocycles. The second kappa shape index (κ2) is 5.17. The Hall–Kier alpha value is -0.900. The predicted octanol–water partition coefficient (Wildman–Crippen LogP) is 3.36. The third-order valence-electron chi connectivity index (χ3n) is 3.60. The van der Waals surface area contributed by atoms with Crippen LogP contribution in [0.1, 0.15) is 49.2 Å². The van der Waals surface area contributed by atoms with Crippen molar-refractivity contribution in [3.05, 3.63) is 11.1 Å². The Morgan fingerprint density at radius 1 is 1.53 bits per heavy atom. The van der Waals surface area contributed by atoms with E-state index in [9.17, 15) is 4.79 Å². The van der Waals surface area contributed by atoms with Gasteiger partial charge in [0.15, 0.2) is 10.9 Å². The third-order valence-corrected chi connectivity index (χ3v) is 4.79. The van der Waals surface area contributed by atoms with E-state index in [1.54, 1.807) is 13.1 Å². The van der Waals surface area contributed by atoms with Crippen molar-refractivity contribution in [3.63, 3.8) is 0 Å². The Bertz CT molecular complexity index is 402. The molecule has 0 bridgehead atoms. The molecule has 2 rings (SSSR count). The molecule has 3 nitrogen and oxygen atoms in total. The number of ketones is 1. The Labute approximate surface area is 107 Å². The number of carbonyl (C=O) groups is 1. The zero-order valence-corrected chi connectivity index (χ0v) is 11.6. The fraction of sp³-hybridized carbons (Fsp3) is 0.692. The van der Waals surface area contributed by atoms with Crippen LogP contribution in [-0.2, 0) is 0 Å². The van der Waals surface area contributed by atoms with E-state index in [0.717, 1.165) is 15.9 Å². The molecule has 1 fully saturated rings. The SMILES string of the molecule is CC(=O)c1cnc(N(C)C2CCCC(C)C2)s1. The molecule has 1 saturated carbocycles. The van der Waals surface area contributed by atoms with Crippen molar-refractivity contribution in [2.45, 2.75) is 45.6 Å². The molecule has 0 spiro atoms. The topological polar surface area (TPSA) is 33.2 Å². The van der Waals surface area contributed by atoms with E-state index < -0.39 is 0 Å². The van der Waals surface area contributed by atoms with Crippen LogP contribution in [0.4, 0.5) is 5.13 Å². The van der Waals surface area contributed by atoms with Crippen molar-refractivity contribution in [1.82, 2.24) is 4.98 Å². The minimum atomic E-state index is 0.110. The number of hydrogen-bond acceptors (Lipinski definition) is 4. The molecule has 1 aliphatic carbocycles. The summed E-state index contributed by atoms with van der Waals surface area (Å²) in [4.78, 5) is 18.6. The van der Waals surface area contributed by atoms with Crippen LogP contribution in [0.15, 0.2) is 6.20 Å². The Morgan fingerprint density at radius 2 is 2.29 bits per heavy atom. The van der Waals surface area contributed by atoms with Crippen LogP contribution in [-0.4, -0.2) is 23.9 Å². The number of carbonyl (C=O) groups excluding carboxylic acids is 1. The zero-order chi connectivity index (χ0) is 12.4. The summed E-state index contributed by atoms with van der Waals surface area (Å²) in [7, 11) is 2.10. The average molecular weight is 252 g/mol. The van der Waals surface area contributed by atoms with E-state index in [-0.39, 0.29) is 5.78 Å². The quantitative estimate of drug-likeness (QED) is 0.773. The standard InChI is InChI=1S/C13H20N2OS/c1-9-5-4-6-11(7-9)15(3)13-14-8-12(17-13)10(2)16/h8-9,11H,4-7H2,1-3H3. The van der Waals surface area contributed by atoms with Crippen LogP contribution in [0, 0.1) is 5.92 Å². The lowest BCUT2D eigenvalue weighted by Crippen LogP contribution is -2.35. The van der Waals surface area contributed by atoms with E-state index >= 15 is 0 Å². The summed E-state index contributed by atoms with van der Waals surface area (Å²) in [6, 6.07) is 0.588.